The summed E-state index contributed by atoms with van der Waals surface area (Å²) < 4.78 is 1.40. The lowest BCUT2D eigenvalue weighted by atomic mass is 10.2. The van der Waals surface area contributed by atoms with Crippen LogP contribution in [0.1, 0.15) is 11.3 Å². The Morgan fingerprint density at radius 2 is 1.97 bits per heavy atom. The molecule has 0 fully saturated rings. The van der Waals surface area contributed by atoms with Gasteiger partial charge in [0.2, 0.25) is 5.91 Å². The quantitative estimate of drug-likeness (QED) is 0.381. The number of thioether (sulfide) groups is 1. The molecule has 0 saturated carbocycles. The van der Waals surface area contributed by atoms with Crippen molar-refractivity contribution in [1.82, 2.24) is 20.1 Å². The summed E-state index contributed by atoms with van der Waals surface area (Å²) in [4.78, 5) is 31.1. The number of benzene rings is 1. The second-order valence-corrected chi connectivity index (χ2v) is 9.95. The van der Waals surface area contributed by atoms with Crippen LogP contribution in [0.15, 0.2) is 64.8 Å². The summed E-state index contributed by atoms with van der Waals surface area (Å²) in [6, 6.07) is 17.3. The minimum Gasteiger partial charge on any atom is -0.354 e. The lowest BCUT2D eigenvalue weighted by molar-refractivity contribution is -0.118. The maximum Gasteiger partial charge on any atom is 0.266 e. The number of thiazole rings is 1. The summed E-state index contributed by atoms with van der Waals surface area (Å²) >= 11 is 4.78. The van der Waals surface area contributed by atoms with Crippen LogP contribution in [0.3, 0.4) is 0 Å². The molecule has 4 aromatic rings. The van der Waals surface area contributed by atoms with E-state index < -0.39 is 0 Å². The van der Waals surface area contributed by atoms with Gasteiger partial charge >= 0.3 is 0 Å². The lowest BCUT2D eigenvalue weighted by Crippen LogP contribution is -2.32. The number of carbonyl (C=O) groups is 1. The van der Waals surface area contributed by atoms with Crippen molar-refractivity contribution in [1.29, 1.82) is 0 Å². The van der Waals surface area contributed by atoms with Gasteiger partial charge in [0, 0.05) is 18.4 Å². The van der Waals surface area contributed by atoms with E-state index in [0.29, 0.717) is 24.5 Å². The van der Waals surface area contributed by atoms with E-state index in [1.165, 1.54) is 16.3 Å². The highest BCUT2D eigenvalue weighted by molar-refractivity contribution is 7.99. The molecule has 0 aliphatic carbocycles. The Morgan fingerprint density at radius 1 is 1.12 bits per heavy atom. The third-order valence-electron chi connectivity index (χ3n) is 4.62. The summed E-state index contributed by atoms with van der Waals surface area (Å²) in [5, 5.41) is 10.4. The molecule has 1 amide bonds. The van der Waals surface area contributed by atoms with Crippen molar-refractivity contribution in [3.05, 3.63) is 81.6 Å². The molecule has 3 heterocycles. The normalized spacial score (nSPS) is 10.9. The third kappa shape index (κ3) is 5.73. The first-order valence-corrected chi connectivity index (χ1v) is 12.9. The topological polar surface area (TPSA) is 76.9 Å². The molecule has 9 heteroatoms. The van der Waals surface area contributed by atoms with Gasteiger partial charge in [0.1, 0.15) is 10.7 Å². The molecule has 0 radical (unpaired) electrons. The van der Waals surface area contributed by atoms with Crippen molar-refractivity contribution in [2.75, 3.05) is 12.3 Å². The number of nitrogens with zero attached hydrogens (tertiary/aromatic N) is 3. The molecule has 0 unspecified atom stereocenters. The van der Waals surface area contributed by atoms with Crippen molar-refractivity contribution >= 4 is 40.3 Å². The van der Waals surface area contributed by atoms with E-state index >= 15 is 0 Å². The number of amides is 1. The average molecular weight is 483 g/mol. The van der Waals surface area contributed by atoms with Crippen LogP contribution in [-0.2, 0) is 17.1 Å². The van der Waals surface area contributed by atoms with Gasteiger partial charge in [0.25, 0.3) is 5.56 Å². The van der Waals surface area contributed by atoms with Gasteiger partial charge in [-0.15, -0.1) is 34.4 Å². The fourth-order valence-corrected chi connectivity index (χ4v) is 5.70. The van der Waals surface area contributed by atoms with Gasteiger partial charge in [-0.2, -0.15) is 5.10 Å². The molecule has 1 aromatic carbocycles. The van der Waals surface area contributed by atoms with Gasteiger partial charge in [-0.1, -0.05) is 36.4 Å². The van der Waals surface area contributed by atoms with Gasteiger partial charge in [-0.25, -0.2) is 9.67 Å². The highest BCUT2D eigenvalue weighted by Crippen LogP contribution is 2.35. The Bertz CT molecular complexity index is 1230. The molecule has 164 valence electrons. The largest absolute Gasteiger partial charge is 0.354 e. The second kappa shape index (κ2) is 10.7. The zero-order chi connectivity index (χ0) is 22.3. The number of nitrogens with one attached hydrogen (secondary N) is 1. The van der Waals surface area contributed by atoms with E-state index in [-0.39, 0.29) is 11.5 Å². The Labute approximate surface area is 198 Å². The van der Waals surface area contributed by atoms with Crippen molar-refractivity contribution in [3.8, 4) is 20.5 Å². The number of aryl methyl sites for hydroxylation is 1. The fourth-order valence-electron chi connectivity index (χ4n) is 3.06. The van der Waals surface area contributed by atoms with Crippen molar-refractivity contribution < 1.29 is 4.79 Å². The first-order chi connectivity index (χ1) is 15.6. The van der Waals surface area contributed by atoms with Gasteiger partial charge in [-0.05, 0) is 30.0 Å². The van der Waals surface area contributed by atoms with E-state index in [2.05, 4.69) is 15.4 Å². The molecule has 3 aromatic heterocycles. The van der Waals surface area contributed by atoms with Gasteiger partial charge in [0.05, 0.1) is 27.7 Å². The Kier molecular flexibility index (Phi) is 7.51. The molecule has 32 heavy (non-hydrogen) atoms. The maximum absolute atomic E-state index is 12.3. The van der Waals surface area contributed by atoms with Gasteiger partial charge < -0.3 is 5.32 Å². The van der Waals surface area contributed by atoms with Gasteiger partial charge in [-0.3, -0.25) is 9.59 Å². The van der Waals surface area contributed by atoms with Crippen LogP contribution in [0.5, 0.6) is 0 Å². The molecule has 0 spiro atoms. The predicted octanol–water partition coefficient (Wildman–Crippen LogP) is 4.45. The summed E-state index contributed by atoms with van der Waals surface area (Å²) in [6.07, 6.45) is 0. The zero-order valence-corrected chi connectivity index (χ0v) is 19.9. The average Bonchev–Trinajstić information content (AvgIpc) is 3.46. The molecule has 0 atom stereocenters. The highest BCUT2D eigenvalue weighted by atomic mass is 32.2. The Morgan fingerprint density at radius 3 is 2.75 bits per heavy atom. The number of aromatic nitrogens is 3. The second-order valence-electron chi connectivity index (χ2n) is 7.02. The number of carbonyl (C=O) groups excluding carboxylic acids is 1. The molecular formula is C23H22N4O2S3. The van der Waals surface area contributed by atoms with E-state index in [1.54, 1.807) is 40.5 Å². The van der Waals surface area contributed by atoms with Crippen molar-refractivity contribution in [3.63, 3.8) is 0 Å². The molecule has 0 aliphatic rings. The monoisotopic (exact) mass is 482 g/mol. The van der Waals surface area contributed by atoms with Crippen molar-refractivity contribution in [2.24, 2.45) is 0 Å². The van der Waals surface area contributed by atoms with E-state index in [1.807, 2.05) is 54.8 Å². The molecule has 4 rings (SSSR count). The van der Waals surface area contributed by atoms with Crippen LogP contribution < -0.4 is 10.9 Å². The summed E-state index contributed by atoms with van der Waals surface area (Å²) in [5.41, 5.74) is 2.60. The molecule has 1 N–H and O–H groups in total. The first-order valence-electron chi connectivity index (χ1n) is 10.1. The summed E-state index contributed by atoms with van der Waals surface area (Å²) in [7, 11) is 0. The Balaban J connectivity index is 1.33. The minimum atomic E-state index is -0.192. The zero-order valence-electron chi connectivity index (χ0n) is 17.5. The third-order valence-corrected chi connectivity index (χ3v) is 7.84. The molecule has 6 nitrogen and oxygen atoms in total. The number of rotatable bonds is 9. The minimum absolute atomic E-state index is 0.0472. The number of hydrogen-bond donors (Lipinski definition) is 1. The van der Waals surface area contributed by atoms with Crippen LogP contribution in [0.2, 0.25) is 0 Å². The lowest BCUT2D eigenvalue weighted by Gasteiger charge is -2.08. The standard InChI is InChI=1S/C23H22N4O2S3/c1-16-22(32-23(25-16)19-8-5-13-31-19)18-9-10-21(29)27(26-18)12-11-24-20(28)15-30-14-17-6-3-2-4-7-17/h2-10,13H,11-12,14-15H2,1H3,(H,24,28). The molecule has 0 aliphatic heterocycles. The number of thiophene rings is 1. The van der Waals surface area contributed by atoms with Crippen molar-refractivity contribution in [2.45, 2.75) is 19.2 Å². The number of hydrogen-bond acceptors (Lipinski definition) is 7. The van der Waals surface area contributed by atoms with Crippen LogP contribution in [0.4, 0.5) is 0 Å². The highest BCUT2D eigenvalue weighted by Gasteiger charge is 2.14. The van der Waals surface area contributed by atoms with E-state index in [0.717, 1.165) is 26.2 Å². The SMILES string of the molecule is Cc1nc(-c2cccs2)sc1-c1ccc(=O)n(CCNC(=O)CSCc2ccccc2)n1. The Hall–Kier alpha value is -2.75. The molecule has 0 saturated heterocycles. The summed E-state index contributed by atoms with van der Waals surface area (Å²) in [5.74, 6) is 1.12. The molecular weight excluding hydrogens is 460 g/mol. The summed E-state index contributed by atoms with van der Waals surface area (Å²) in [6.45, 7) is 2.62. The van der Waals surface area contributed by atoms with Crippen LogP contribution in [0.25, 0.3) is 20.5 Å². The first kappa shape index (κ1) is 22.4. The van der Waals surface area contributed by atoms with Crippen LogP contribution >= 0.6 is 34.4 Å². The van der Waals surface area contributed by atoms with Crippen LogP contribution in [0, 0.1) is 6.92 Å². The van der Waals surface area contributed by atoms with Gasteiger partial charge in [0.15, 0.2) is 0 Å². The maximum atomic E-state index is 12.3. The smallest absolute Gasteiger partial charge is 0.266 e. The van der Waals surface area contributed by atoms with E-state index in [9.17, 15) is 9.59 Å². The van der Waals surface area contributed by atoms with Crippen LogP contribution in [-0.4, -0.2) is 33.0 Å². The fraction of sp³-hybridized carbons (Fsp3) is 0.217. The van der Waals surface area contributed by atoms with E-state index in [4.69, 9.17) is 0 Å². The predicted molar refractivity (Wildman–Crippen MR) is 133 cm³/mol. The molecule has 0 bridgehead atoms.